The molecule has 29 heavy (non-hydrogen) atoms. The van der Waals surface area contributed by atoms with Gasteiger partial charge < -0.3 is 0 Å². The largest absolute Gasteiger partial charge is 0.295 e. The second-order valence-electron chi connectivity index (χ2n) is 6.88. The maximum Gasteiger partial charge on any atom is 0.262 e. The third-order valence-electron chi connectivity index (χ3n) is 4.55. The highest BCUT2D eigenvalue weighted by Gasteiger charge is 2.37. The molecule has 2 aromatic rings. The van der Waals surface area contributed by atoms with Gasteiger partial charge in [-0.15, -0.1) is 0 Å². The lowest BCUT2D eigenvalue weighted by Gasteiger charge is -2.19. The number of benzene rings is 2. The maximum atomic E-state index is 13.0. The van der Waals surface area contributed by atoms with Crippen molar-refractivity contribution in [3.63, 3.8) is 0 Å². The zero-order valence-corrected chi connectivity index (χ0v) is 17.7. The van der Waals surface area contributed by atoms with Gasteiger partial charge in [0, 0.05) is 17.7 Å². The molecule has 0 unspecified atom stereocenters. The zero-order chi connectivity index (χ0) is 21.6. The van der Waals surface area contributed by atoms with Crippen LogP contribution < -0.4 is 9.03 Å². The average Bonchev–Trinajstić information content (AvgIpc) is 2.86. The molecule has 8 nitrogen and oxygen atoms in total. The van der Waals surface area contributed by atoms with Crippen molar-refractivity contribution in [1.29, 1.82) is 0 Å². The molecule has 10 heteroatoms. The predicted octanol–water partition coefficient (Wildman–Crippen LogP) is 2.37. The number of ketones is 1. The van der Waals surface area contributed by atoms with Crippen LogP contribution in [0.2, 0.25) is 0 Å². The number of carbonyl (C=O) groups is 2. The fourth-order valence-electron chi connectivity index (χ4n) is 3.35. The van der Waals surface area contributed by atoms with Crippen molar-refractivity contribution in [2.75, 3.05) is 14.8 Å². The third kappa shape index (κ3) is 4.03. The molecular formula is C19H20N2O6S2. The van der Waals surface area contributed by atoms with E-state index >= 15 is 0 Å². The van der Waals surface area contributed by atoms with Crippen molar-refractivity contribution in [1.82, 2.24) is 0 Å². The van der Waals surface area contributed by atoms with E-state index in [1.54, 1.807) is 12.1 Å². The Labute approximate surface area is 169 Å². The number of carbonyl (C=O) groups excluding carboxylic acids is 2. The molecule has 154 valence electrons. The minimum atomic E-state index is -4.01. The number of amides is 1. The first-order valence-corrected chi connectivity index (χ1v) is 11.8. The number of sulfonamides is 2. The molecule has 1 fully saturated rings. The lowest BCUT2D eigenvalue weighted by Crippen LogP contribution is -2.29. The number of anilines is 2. The smallest absolute Gasteiger partial charge is 0.262 e. The Kier molecular flexibility index (Phi) is 5.26. The highest BCUT2D eigenvalue weighted by atomic mass is 32.2. The summed E-state index contributed by atoms with van der Waals surface area (Å²) in [6, 6.07) is 8.86. The van der Waals surface area contributed by atoms with Gasteiger partial charge in [0.15, 0.2) is 5.78 Å². The fraction of sp³-hybridized carbons (Fsp3) is 0.263. The van der Waals surface area contributed by atoms with Crippen molar-refractivity contribution >= 4 is 43.1 Å². The van der Waals surface area contributed by atoms with Crippen LogP contribution in [0.15, 0.2) is 41.3 Å². The zero-order valence-electron chi connectivity index (χ0n) is 16.1. The minimum absolute atomic E-state index is 0.0153. The normalized spacial score (nSPS) is 16.1. The second kappa shape index (κ2) is 7.27. The van der Waals surface area contributed by atoms with E-state index in [2.05, 4.69) is 4.72 Å². The molecule has 1 heterocycles. The van der Waals surface area contributed by atoms with Crippen molar-refractivity contribution in [3.05, 3.63) is 53.1 Å². The molecule has 0 aliphatic carbocycles. The Hall–Kier alpha value is -2.72. The van der Waals surface area contributed by atoms with Crippen LogP contribution in [0.5, 0.6) is 0 Å². The molecule has 0 saturated carbocycles. The van der Waals surface area contributed by atoms with Crippen LogP contribution in [0.3, 0.4) is 0 Å². The van der Waals surface area contributed by atoms with Crippen LogP contribution in [0.25, 0.3) is 0 Å². The summed E-state index contributed by atoms with van der Waals surface area (Å²) < 4.78 is 53.4. The van der Waals surface area contributed by atoms with Crippen molar-refractivity contribution in [2.45, 2.75) is 32.1 Å². The summed E-state index contributed by atoms with van der Waals surface area (Å²) in [5, 5.41) is 0. The number of hydrogen-bond acceptors (Lipinski definition) is 6. The number of nitrogens with one attached hydrogen (secondary N) is 1. The lowest BCUT2D eigenvalue weighted by atomic mass is 10.1. The van der Waals surface area contributed by atoms with E-state index in [0.717, 1.165) is 4.31 Å². The molecule has 1 saturated heterocycles. The molecule has 0 bridgehead atoms. The molecule has 1 amide bonds. The van der Waals surface area contributed by atoms with Crippen molar-refractivity contribution < 1.29 is 26.4 Å². The molecule has 1 aliphatic rings. The Morgan fingerprint density at radius 3 is 2.24 bits per heavy atom. The van der Waals surface area contributed by atoms with Gasteiger partial charge in [0.05, 0.1) is 16.3 Å². The van der Waals surface area contributed by atoms with Crippen LogP contribution in [-0.4, -0.2) is 34.3 Å². The summed E-state index contributed by atoms with van der Waals surface area (Å²) in [4.78, 5) is 23.5. The maximum absolute atomic E-state index is 13.0. The Bertz CT molecular complexity index is 1210. The van der Waals surface area contributed by atoms with E-state index < -0.39 is 26.0 Å². The standard InChI is InChI=1S/C19H20N2O6S2/c1-12-9-17(21-18(23)7-8-28(21,24)25)10-13(2)19(12)29(26,27)20-16-6-4-5-15(11-16)14(3)22/h4-6,9-11,20H,7-8H2,1-3H3. The van der Waals surface area contributed by atoms with Crippen molar-refractivity contribution in [2.24, 2.45) is 0 Å². The summed E-state index contributed by atoms with van der Waals surface area (Å²) in [5.74, 6) is -1.00. The predicted molar refractivity (Wildman–Crippen MR) is 109 cm³/mol. The van der Waals surface area contributed by atoms with Crippen LogP contribution >= 0.6 is 0 Å². The molecule has 0 atom stereocenters. The summed E-state index contributed by atoms with van der Waals surface area (Å²) in [6.07, 6.45) is -0.103. The highest BCUT2D eigenvalue weighted by molar-refractivity contribution is 7.94. The topological polar surface area (TPSA) is 118 Å². The summed E-state index contributed by atoms with van der Waals surface area (Å²) in [7, 11) is -7.76. The average molecular weight is 437 g/mol. The molecule has 0 aromatic heterocycles. The third-order valence-corrected chi connectivity index (χ3v) is 7.92. The number of Topliss-reactive ketones (excluding diaryl/α,β-unsaturated/α-hetero) is 1. The fourth-order valence-corrected chi connectivity index (χ4v) is 6.29. The Balaban J connectivity index is 2.02. The van der Waals surface area contributed by atoms with Gasteiger partial charge in [0.1, 0.15) is 0 Å². The van der Waals surface area contributed by atoms with E-state index in [9.17, 15) is 26.4 Å². The first-order valence-electron chi connectivity index (χ1n) is 8.73. The van der Waals surface area contributed by atoms with E-state index in [0.29, 0.717) is 16.7 Å². The van der Waals surface area contributed by atoms with Gasteiger partial charge in [-0.2, -0.15) is 0 Å². The van der Waals surface area contributed by atoms with Gasteiger partial charge in [-0.25, -0.2) is 21.1 Å². The molecule has 0 radical (unpaired) electrons. The first kappa shape index (κ1) is 21.0. The van der Waals surface area contributed by atoms with Gasteiger partial charge in [-0.3, -0.25) is 14.3 Å². The summed E-state index contributed by atoms with van der Waals surface area (Å²) in [5.41, 5.74) is 1.32. The van der Waals surface area contributed by atoms with Gasteiger partial charge in [0.2, 0.25) is 15.9 Å². The van der Waals surface area contributed by atoms with Crippen molar-refractivity contribution in [3.8, 4) is 0 Å². The summed E-state index contributed by atoms with van der Waals surface area (Å²) in [6.45, 7) is 4.45. The second-order valence-corrected chi connectivity index (χ2v) is 10.4. The van der Waals surface area contributed by atoms with E-state index in [-0.39, 0.29) is 34.2 Å². The summed E-state index contributed by atoms with van der Waals surface area (Å²) >= 11 is 0. The highest BCUT2D eigenvalue weighted by Crippen LogP contribution is 2.32. The molecule has 2 aromatic carbocycles. The number of nitrogens with zero attached hydrogens (tertiary/aromatic N) is 1. The van der Waals surface area contributed by atoms with Crippen LogP contribution in [-0.2, 0) is 24.8 Å². The van der Waals surface area contributed by atoms with E-state index in [1.807, 2.05) is 0 Å². The van der Waals surface area contributed by atoms with Crippen LogP contribution in [0.1, 0.15) is 34.8 Å². The van der Waals surface area contributed by atoms with Gasteiger partial charge >= 0.3 is 0 Å². The molecule has 1 N–H and O–H groups in total. The Morgan fingerprint density at radius 2 is 1.72 bits per heavy atom. The molecule has 1 aliphatic heterocycles. The molecular weight excluding hydrogens is 416 g/mol. The molecule has 0 spiro atoms. The first-order chi connectivity index (χ1) is 13.4. The SMILES string of the molecule is CC(=O)c1cccc(NS(=O)(=O)c2c(C)cc(N3C(=O)CCS3(=O)=O)cc2C)c1. The monoisotopic (exact) mass is 436 g/mol. The van der Waals surface area contributed by atoms with E-state index in [4.69, 9.17) is 0 Å². The van der Waals surface area contributed by atoms with Gasteiger partial charge in [-0.05, 0) is 56.2 Å². The van der Waals surface area contributed by atoms with Crippen LogP contribution in [0.4, 0.5) is 11.4 Å². The van der Waals surface area contributed by atoms with Crippen LogP contribution in [0, 0.1) is 13.8 Å². The Morgan fingerprint density at radius 1 is 1.10 bits per heavy atom. The van der Waals surface area contributed by atoms with Gasteiger partial charge in [-0.1, -0.05) is 12.1 Å². The number of hydrogen-bond donors (Lipinski definition) is 1. The quantitative estimate of drug-likeness (QED) is 0.719. The number of rotatable bonds is 5. The number of aryl methyl sites for hydroxylation is 2. The molecule has 3 rings (SSSR count). The van der Waals surface area contributed by atoms with E-state index in [1.165, 1.54) is 45.0 Å². The lowest BCUT2D eigenvalue weighted by molar-refractivity contribution is -0.116. The van der Waals surface area contributed by atoms with Gasteiger partial charge in [0.25, 0.3) is 10.0 Å². The minimum Gasteiger partial charge on any atom is -0.295 e.